The lowest BCUT2D eigenvalue weighted by atomic mass is 10.1. The Labute approximate surface area is 135 Å². The zero-order chi connectivity index (χ0) is 16.1. The van der Waals surface area contributed by atoms with E-state index in [0.29, 0.717) is 18.8 Å². The number of nitrogens with one attached hydrogen (secondary N) is 1. The molecule has 0 aliphatic heterocycles. The van der Waals surface area contributed by atoms with E-state index in [9.17, 15) is 9.59 Å². The number of hydrogen-bond donors (Lipinski definition) is 1. The lowest BCUT2D eigenvalue weighted by molar-refractivity contribution is -0.124. The van der Waals surface area contributed by atoms with Gasteiger partial charge in [0.15, 0.2) is 0 Å². The highest BCUT2D eigenvalue weighted by Gasteiger charge is 2.21. The number of benzene rings is 1. The van der Waals surface area contributed by atoms with Crippen molar-refractivity contribution in [2.45, 2.75) is 32.2 Å². The quantitative estimate of drug-likeness (QED) is 0.921. The fraction of sp³-hybridized carbons (Fsp3) is 0.389. The average Bonchev–Trinajstić information content (AvgIpc) is 3.11. The van der Waals surface area contributed by atoms with E-state index in [-0.39, 0.29) is 17.4 Å². The molecule has 1 aromatic heterocycles. The van der Waals surface area contributed by atoms with Gasteiger partial charge < -0.3 is 5.32 Å². The van der Waals surface area contributed by atoms with Crippen LogP contribution in [0.3, 0.4) is 0 Å². The molecule has 0 bridgehead atoms. The van der Waals surface area contributed by atoms with Crippen molar-refractivity contribution in [1.82, 2.24) is 14.9 Å². The van der Waals surface area contributed by atoms with E-state index in [2.05, 4.69) is 10.3 Å². The van der Waals surface area contributed by atoms with Crippen molar-refractivity contribution in [3.05, 3.63) is 53.1 Å². The fourth-order valence-electron chi connectivity index (χ4n) is 2.99. The molecule has 2 aromatic rings. The van der Waals surface area contributed by atoms with E-state index < -0.39 is 0 Å². The Kier molecular flexibility index (Phi) is 4.86. The summed E-state index contributed by atoms with van der Waals surface area (Å²) in [7, 11) is 0. The highest BCUT2D eigenvalue weighted by molar-refractivity contribution is 5.78. The third kappa shape index (κ3) is 3.86. The molecule has 0 saturated heterocycles. The summed E-state index contributed by atoms with van der Waals surface area (Å²) in [4.78, 5) is 28.4. The van der Waals surface area contributed by atoms with Crippen molar-refractivity contribution >= 4 is 5.91 Å². The summed E-state index contributed by atoms with van der Waals surface area (Å²) in [6.07, 6.45) is 5.80. The molecule has 23 heavy (non-hydrogen) atoms. The molecule has 1 heterocycles. The van der Waals surface area contributed by atoms with Gasteiger partial charge in [0.25, 0.3) is 5.56 Å². The van der Waals surface area contributed by atoms with E-state index in [0.717, 1.165) is 31.2 Å². The van der Waals surface area contributed by atoms with Crippen LogP contribution in [0, 0.1) is 5.92 Å². The Morgan fingerprint density at radius 1 is 1.22 bits per heavy atom. The minimum absolute atomic E-state index is 0.103. The molecule has 0 atom stereocenters. The summed E-state index contributed by atoms with van der Waals surface area (Å²) >= 11 is 0. The van der Waals surface area contributed by atoms with Crippen LogP contribution in [0.15, 0.2) is 47.5 Å². The number of carbonyl (C=O) groups excluding carboxylic acids is 1. The number of rotatable bonds is 5. The molecule has 120 valence electrons. The Bertz CT molecular complexity index is 719. The molecule has 1 aliphatic rings. The molecule has 0 radical (unpaired) electrons. The van der Waals surface area contributed by atoms with Crippen LogP contribution >= 0.6 is 0 Å². The highest BCUT2D eigenvalue weighted by atomic mass is 16.2. The first-order chi connectivity index (χ1) is 11.2. The molecule has 1 saturated carbocycles. The van der Waals surface area contributed by atoms with Crippen LogP contribution in [-0.2, 0) is 11.3 Å². The van der Waals surface area contributed by atoms with Gasteiger partial charge >= 0.3 is 0 Å². The van der Waals surface area contributed by atoms with Gasteiger partial charge in [0.1, 0.15) is 0 Å². The molecule has 5 heteroatoms. The Morgan fingerprint density at radius 2 is 1.96 bits per heavy atom. The van der Waals surface area contributed by atoms with Gasteiger partial charge in [-0.05, 0) is 12.8 Å². The fourth-order valence-corrected chi connectivity index (χ4v) is 2.99. The molecule has 3 rings (SSSR count). The Balaban J connectivity index is 1.58. The first-order valence-electron chi connectivity index (χ1n) is 8.13. The van der Waals surface area contributed by atoms with Crippen LogP contribution < -0.4 is 10.9 Å². The van der Waals surface area contributed by atoms with Gasteiger partial charge in [-0.3, -0.25) is 14.2 Å². The summed E-state index contributed by atoms with van der Waals surface area (Å²) in [6, 6.07) is 11.1. The number of amides is 1. The number of aromatic nitrogens is 2. The summed E-state index contributed by atoms with van der Waals surface area (Å²) in [5.74, 6) is 0.273. The summed E-state index contributed by atoms with van der Waals surface area (Å²) < 4.78 is 1.53. The number of carbonyl (C=O) groups is 1. The molecule has 1 fully saturated rings. The van der Waals surface area contributed by atoms with E-state index in [4.69, 9.17) is 0 Å². The van der Waals surface area contributed by atoms with Crippen molar-refractivity contribution in [3.8, 4) is 11.3 Å². The molecule has 1 aromatic carbocycles. The maximum atomic E-state index is 12.2. The largest absolute Gasteiger partial charge is 0.354 e. The minimum Gasteiger partial charge on any atom is -0.354 e. The van der Waals surface area contributed by atoms with Gasteiger partial charge in [-0.1, -0.05) is 43.2 Å². The zero-order valence-electron chi connectivity index (χ0n) is 13.1. The predicted molar refractivity (Wildman–Crippen MR) is 88.9 cm³/mol. The van der Waals surface area contributed by atoms with Crippen molar-refractivity contribution in [1.29, 1.82) is 0 Å². The summed E-state index contributed by atoms with van der Waals surface area (Å²) in [6.45, 7) is 0.904. The first kappa shape index (κ1) is 15.5. The second-order valence-electron chi connectivity index (χ2n) is 5.94. The molecular weight excluding hydrogens is 290 g/mol. The van der Waals surface area contributed by atoms with E-state index in [1.807, 2.05) is 30.3 Å². The molecule has 1 amide bonds. The predicted octanol–water partition coefficient (Wildman–Crippen LogP) is 2.22. The van der Waals surface area contributed by atoms with E-state index in [1.54, 1.807) is 6.33 Å². The van der Waals surface area contributed by atoms with Gasteiger partial charge in [0.2, 0.25) is 5.91 Å². The second kappa shape index (κ2) is 7.22. The maximum Gasteiger partial charge on any atom is 0.253 e. The third-order valence-corrected chi connectivity index (χ3v) is 4.33. The maximum absolute atomic E-state index is 12.2. The van der Waals surface area contributed by atoms with Crippen LogP contribution in [0.25, 0.3) is 11.3 Å². The molecule has 5 nitrogen and oxygen atoms in total. The molecule has 0 spiro atoms. The summed E-state index contributed by atoms with van der Waals surface area (Å²) in [5.41, 5.74) is 1.49. The molecule has 1 N–H and O–H groups in total. The van der Waals surface area contributed by atoms with Gasteiger partial charge in [-0.15, -0.1) is 0 Å². The van der Waals surface area contributed by atoms with Crippen LogP contribution in [0.5, 0.6) is 0 Å². The molecular formula is C18H21N3O2. The minimum atomic E-state index is -0.103. The van der Waals surface area contributed by atoms with Crippen LogP contribution in [0.1, 0.15) is 25.7 Å². The van der Waals surface area contributed by atoms with Gasteiger partial charge in [-0.25, -0.2) is 4.98 Å². The normalized spacial score (nSPS) is 14.8. The van der Waals surface area contributed by atoms with Crippen molar-refractivity contribution in [2.24, 2.45) is 5.92 Å². The lowest BCUT2D eigenvalue weighted by Crippen LogP contribution is -2.34. The van der Waals surface area contributed by atoms with E-state index >= 15 is 0 Å². The highest BCUT2D eigenvalue weighted by Crippen LogP contribution is 2.24. The molecule has 1 aliphatic carbocycles. The van der Waals surface area contributed by atoms with Crippen LogP contribution in [0.2, 0.25) is 0 Å². The second-order valence-corrected chi connectivity index (χ2v) is 5.94. The number of hydrogen-bond acceptors (Lipinski definition) is 3. The van der Waals surface area contributed by atoms with Crippen molar-refractivity contribution in [3.63, 3.8) is 0 Å². The monoisotopic (exact) mass is 311 g/mol. The average molecular weight is 311 g/mol. The van der Waals surface area contributed by atoms with Gasteiger partial charge in [-0.2, -0.15) is 0 Å². The third-order valence-electron chi connectivity index (χ3n) is 4.33. The topological polar surface area (TPSA) is 64.0 Å². The van der Waals surface area contributed by atoms with Crippen molar-refractivity contribution in [2.75, 3.05) is 6.54 Å². The van der Waals surface area contributed by atoms with Gasteiger partial charge in [0.05, 0.1) is 12.0 Å². The first-order valence-corrected chi connectivity index (χ1v) is 8.13. The standard InChI is InChI=1S/C18H21N3O2/c22-17-12-16(14-6-2-1-3-7-14)20-13-21(17)11-10-19-18(23)15-8-4-5-9-15/h1-3,6-7,12-13,15H,4-5,8-11H2,(H,19,23). The Hall–Kier alpha value is -2.43. The van der Waals surface area contributed by atoms with Crippen LogP contribution in [0.4, 0.5) is 0 Å². The van der Waals surface area contributed by atoms with Crippen molar-refractivity contribution < 1.29 is 4.79 Å². The van der Waals surface area contributed by atoms with Gasteiger partial charge in [0, 0.05) is 30.6 Å². The smallest absolute Gasteiger partial charge is 0.253 e. The van der Waals surface area contributed by atoms with E-state index in [1.165, 1.54) is 10.6 Å². The number of nitrogens with zero attached hydrogens (tertiary/aromatic N) is 2. The Morgan fingerprint density at radius 3 is 2.65 bits per heavy atom. The van der Waals surface area contributed by atoms with Crippen LogP contribution in [-0.4, -0.2) is 22.0 Å². The lowest BCUT2D eigenvalue weighted by Gasteiger charge is -2.11. The summed E-state index contributed by atoms with van der Waals surface area (Å²) in [5, 5.41) is 2.92. The zero-order valence-corrected chi connectivity index (χ0v) is 13.1. The molecule has 0 unspecified atom stereocenters. The SMILES string of the molecule is O=C(NCCn1cnc(-c2ccccc2)cc1=O)C1CCCC1.